The standard InChI is InChI=1S/C13H16BrNO/c1-9-11(6-3-7-12(9)14)13(16)15-8-10-4-2-5-10/h3,6-7,10H,2,4-5,8H2,1H3,(H,15,16). The molecule has 1 aliphatic rings. The van der Waals surface area contributed by atoms with E-state index in [1.807, 2.05) is 25.1 Å². The van der Waals surface area contributed by atoms with E-state index in [0.717, 1.165) is 22.1 Å². The van der Waals surface area contributed by atoms with Gasteiger partial charge in [-0.15, -0.1) is 0 Å². The van der Waals surface area contributed by atoms with E-state index in [-0.39, 0.29) is 5.91 Å². The zero-order valence-electron chi connectivity index (χ0n) is 9.42. The maximum atomic E-state index is 11.9. The molecule has 1 aliphatic carbocycles. The highest BCUT2D eigenvalue weighted by Gasteiger charge is 2.18. The third-order valence-electron chi connectivity index (χ3n) is 3.29. The van der Waals surface area contributed by atoms with Crippen molar-refractivity contribution in [2.75, 3.05) is 6.54 Å². The lowest BCUT2D eigenvalue weighted by atomic mass is 9.85. The van der Waals surface area contributed by atoms with E-state index in [9.17, 15) is 4.79 Å². The first-order valence-electron chi connectivity index (χ1n) is 5.72. The van der Waals surface area contributed by atoms with Crippen LogP contribution >= 0.6 is 15.9 Å². The van der Waals surface area contributed by atoms with Crippen LogP contribution in [0.4, 0.5) is 0 Å². The fourth-order valence-corrected chi connectivity index (χ4v) is 2.25. The highest BCUT2D eigenvalue weighted by atomic mass is 79.9. The molecule has 1 aromatic rings. The molecule has 1 amide bonds. The minimum absolute atomic E-state index is 0.0469. The lowest BCUT2D eigenvalue weighted by Crippen LogP contribution is -2.32. The number of benzene rings is 1. The van der Waals surface area contributed by atoms with E-state index in [0.29, 0.717) is 5.92 Å². The third kappa shape index (κ3) is 2.46. The molecule has 0 aromatic heterocycles. The molecule has 16 heavy (non-hydrogen) atoms. The second kappa shape index (κ2) is 5.00. The molecule has 1 fully saturated rings. The summed E-state index contributed by atoms with van der Waals surface area (Å²) in [6.07, 6.45) is 3.84. The Morgan fingerprint density at radius 3 is 2.88 bits per heavy atom. The Kier molecular flexibility index (Phi) is 3.64. The van der Waals surface area contributed by atoms with Gasteiger partial charge in [-0.25, -0.2) is 0 Å². The van der Waals surface area contributed by atoms with E-state index in [1.54, 1.807) is 0 Å². The first-order chi connectivity index (χ1) is 7.68. The van der Waals surface area contributed by atoms with Crippen molar-refractivity contribution in [3.63, 3.8) is 0 Å². The normalized spacial score (nSPS) is 15.6. The van der Waals surface area contributed by atoms with Crippen LogP contribution in [0.25, 0.3) is 0 Å². The van der Waals surface area contributed by atoms with Crippen LogP contribution in [0.1, 0.15) is 35.2 Å². The predicted octanol–water partition coefficient (Wildman–Crippen LogP) is 3.29. The number of carbonyl (C=O) groups excluding carboxylic acids is 1. The average Bonchev–Trinajstić information content (AvgIpc) is 2.19. The zero-order valence-corrected chi connectivity index (χ0v) is 11.0. The Hall–Kier alpha value is -0.830. The van der Waals surface area contributed by atoms with Crippen LogP contribution in [-0.4, -0.2) is 12.5 Å². The summed E-state index contributed by atoms with van der Waals surface area (Å²) >= 11 is 3.44. The van der Waals surface area contributed by atoms with Crippen molar-refractivity contribution in [1.82, 2.24) is 5.32 Å². The molecular formula is C13H16BrNO. The van der Waals surface area contributed by atoms with E-state index in [1.165, 1.54) is 19.3 Å². The number of nitrogens with one attached hydrogen (secondary N) is 1. The summed E-state index contributed by atoms with van der Waals surface area (Å²) in [5.74, 6) is 0.752. The average molecular weight is 282 g/mol. The number of hydrogen-bond acceptors (Lipinski definition) is 1. The van der Waals surface area contributed by atoms with E-state index < -0.39 is 0 Å². The molecule has 1 aromatic carbocycles. The molecule has 0 unspecified atom stereocenters. The molecule has 0 atom stereocenters. The van der Waals surface area contributed by atoms with Gasteiger partial charge in [0, 0.05) is 16.6 Å². The van der Waals surface area contributed by atoms with Crippen molar-refractivity contribution in [3.8, 4) is 0 Å². The maximum Gasteiger partial charge on any atom is 0.251 e. The smallest absolute Gasteiger partial charge is 0.251 e. The summed E-state index contributed by atoms with van der Waals surface area (Å²) < 4.78 is 0.990. The van der Waals surface area contributed by atoms with E-state index >= 15 is 0 Å². The van der Waals surface area contributed by atoms with Gasteiger partial charge in [-0.1, -0.05) is 28.4 Å². The lowest BCUT2D eigenvalue weighted by molar-refractivity contribution is 0.0938. The summed E-state index contributed by atoms with van der Waals surface area (Å²) in [5, 5.41) is 3.01. The Morgan fingerprint density at radius 2 is 2.25 bits per heavy atom. The van der Waals surface area contributed by atoms with E-state index in [4.69, 9.17) is 0 Å². The molecule has 0 bridgehead atoms. The Morgan fingerprint density at radius 1 is 1.50 bits per heavy atom. The molecule has 0 radical (unpaired) electrons. The molecular weight excluding hydrogens is 266 g/mol. The maximum absolute atomic E-state index is 11.9. The summed E-state index contributed by atoms with van der Waals surface area (Å²) in [5.41, 5.74) is 1.78. The molecule has 2 rings (SSSR count). The van der Waals surface area contributed by atoms with Gasteiger partial charge >= 0.3 is 0 Å². The second-order valence-corrected chi connectivity index (χ2v) is 5.27. The zero-order chi connectivity index (χ0) is 11.5. The number of amides is 1. The topological polar surface area (TPSA) is 29.1 Å². The van der Waals surface area contributed by atoms with Crippen LogP contribution in [0.15, 0.2) is 22.7 Å². The largest absolute Gasteiger partial charge is 0.352 e. The summed E-state index contributed by atoms with van der Waals surface area (Å²) in [6.45, 7) is 2.78. The molecule has 1 saturated carbocycles. The van der Waals surface area contributed by atoms with Crippen molar-refractivity contribution >= 4 is 21.8 Å². The monoisotopic (exact) mass is 281 g/mol. The Bertz CT molecular complexity index is 399. The first kappa shape index (κ1) is 11.6. The van der Waals surface area contributed by atoms with Crippen molar-refractivity contribution < 1.29 is 4.79 Å². The summed E-state index contributed by atoms with van der Waals surface area (Å²) in [6, 6.07) is 5.73. The Labute approximate surface area is 105 Å². The Balaban J connectivity index is 1.99. The van der Waals surface area contributed by atoms with Gasteiger partial charge in [0.25, 0.3) is 5.91 Å². The highest BCUT2D eigenvalue weighted by Crippen LogP contribution is 2.25. The van der Waals surface area contributed by atoms with Gasteiger partial charge in [0.1, 0.15) is 0 Å². The summed E-state index contributed by atoms with van der Waals surface area (Å²) in [7, 11) is 0. The van der Waals surface area contributed by atoms with Gasteiger partial charge in [0.2, 0.25) is 0 Å². The quantitative estimate of drug-likeness (QED) is 0.905. The van der Waals surface area contributed by atoms with Gasteiger partial charge < -0.3 is 5.32 Å². The van der Waals surface area contributed by atoms with Crippen LogP contribution in [-0.2, 0) is 0 Å². The SMILES string of the molecule is Cc1c(Br)cccc1C(=O)NCC1CCC1. The van der Waals surface area contributed by atoms with Gasteiger partial charge in [0.05, 0.1) is 0 Å². The molecule has 0 aliphatic heterocycles. The first-order valence-corrected chi connectivity index (χ1v) is 6.51. The van der Waals surface area contributed by atoms with E-state index in [2.05, 4.69) is 21.2 Å². The predicted molar refractivity (Wildman–Crippen MR) is 68.6 cm³/mol. The van der Waals surface area contributed by atoms with Gasteiger partial charge in [-0.2, -0.15) is 0 Å². The molecule has 0 heterocycles. The van der Waals surface area contributed by atoms with Gasteiger partial charge in [-0.05, 0) is 43.4 Å². The van der Waals surface area contributed by atoms with Gasteiger partial charge in [-0.3, -0.25) is 4.79 Å². The van der Waals surface area contributed by atoms with Crippen LogP contribution in [0.2, 0.25) is 0 Å². The van der Waals surface area contributed by atoms with Crippen molar-refractivity contribution in [1.29, 1.82) is 0 Å². The number of hydrogen-bond donors (Lipinski definition) is 1. The highest BCUT2D eigenvalue weighted by molar-refractivity contribution is 9.10. The fourth-order valence-electron chi connectivity index (χ4n) is 1.88. The van der Waals surface area contributed by atoms with Crippen molar-refractivity contribution in [2.45, 2.75) is 26.2 Å². The van der Waals surface area contributed by atoms with Crippen LogP contribution < -0.4 is 5.32 Å². The minimum atomic E-state index is 0.0469. The molecule has 2 nitrogen and oxygen atoms in total. The second-order valence-electron chi connectivity index (χ2n) is 4.42. The molecule has 0 saturated heterocycles. The van der Waals surface area contributed by atoms with Crippen LogP contribution in [0, 0.1) is 12.8 Å². The minimum Gasteiger partial charge on any atom is -0.352 e. The number of rotatable bonds is 3. The van der Waals surface area contributed by atoms with Crippen LogP contribution in [0.3, 0.4) is 0 Å². The van der Waals surface area contributed by atoms with Crippen molar-refractivity contribution in [2.24, 2.45) is 5.92 Å². The molecule has 86 valence electrons. The fraction of sp³-hybridized carbons (Fsp3) is 0.462. The van der Waals surface area contributed by atoms with Crippen LogP contribution in [0.5, 0.6) is 0 Å². The number of halogens is 1. The summed E-state index contributed by atoms with van der Waals surface area (Å²) in [4.78, 5) is 11.9. The number of carbonyl (C=O) groups is 1. The molecule has 3 heteroatoms. The van der Waals surface area contributed by atoms with Gasteiger partial charge in [0.15, 0.2) is 0 Å². The molecule has 0 spiro atoms. The van der Waals surface area contributed by atoms with Crippen molar-refractivity contribution in [3.05, 3.63) is 33.8 Å². The lowest BCUT2D eigenvalue weighted by Gasteiger charge is -2.25. The third-order valence-corrected chi connectivity index (χ3v) is 4.15. The molecule has 1 N–H and O–H groups in total.